The molecule has 94 valence electrons. The van der Waals surface area contributed by atoms with Crippen LogP contribution < -0.4 is 9.88 Å². The standard InChI is InChI=1S/C15H20N3/c1-2-5-14(6-3-1)11-17-9-10-18(13-17)12-15-7-4-8-16-15/h1-3,5-6,9-10,13,15-16H,4,7-8,11-12H2/q+1/t15-/m0/s1. The van der Waals surface area contributed by atoms with Gasteiger partial charge < -0.3 is 5.32 Å². The molecular formula is C15H20N3+. The molecule has 1 aromatic heterocycles. The molecule has 0 aliphatic carbocycles. The van der Waals surface area contributed by atoms with Gasteiger partial charge >= 0.3 is 0 Å². The molecule has 3 heteroatoms. The Morgan fingerprint density at radius 3 is 2.94 bits per heavy atom. The van der Waals surface area contributed by atoms with Gasteiger partial charge in [0.25, 0.3) is 0 Å². The van der Waals surface area contributed by atoms with Crippen molar-refractivity contribution >= 4 is 0 Å². The number of nitrogens with one attached hydrogen (secondary N) is 1. The second-order valence-electron chi connectivity index (χ2n) is 5.06. The van der Waals surface area contributed by atoms with Crippen LogP contribution in [0.1, 0.15) is 18.4 Å². The number of rotatable bonds is 4. The van der Waals surface area contributed by atoms with Crippen LogP contribution in [-0.2, 0) is 13.1 Å². The van der Waals surface area contributed by atoms with Crippen molar-refractivity contribution in [1.29, 1.82) is 0 Å². The second kappa shape index (κ2) is 5.36. The van der Waals surface area contributed by atoms with E-state index in [0.717, 1.165) is 13.1 Å². The van der Waals surface area contributed by atoms with E-state index in [1.807, 2.05) is 0 Å². The maximum absolute atomic E-state index is 3.53. The van der Waals surface area contributed by atoms with E-state index in [2.05, 4.69) is 63.5 Å². The molecule has 1 aromatic carbocycles. The lowest BCUT2D eigenvalue weighted by Gasteiger charge is -2.05. The zero-order valence-electron chi connectivity index (χ0n) is 10.6. The van der Waals surface area contributed by atoms with E-state index >= 15 is 0 Å². The fraction of sp³-hybridized carbons (Fsp3) is 0.400. The molecule has 0 spiro atoms. The van der Waals surface area contributed by atoms with Gasteiger partial charge in [-0.15, -0.1) is 0 Å². The molecule has 0 saturated carbocycles. The van der Waals surface area contributed by atoms with Gasteiger partial charge in [-0.1, -0.05) is 30.3 Å². The van der Waals surface area contributed by atoms with Crippen molar-refractivity contribution < 1.29 is 4.57 Å². The van der Waals surface area contributed by atoms with Crippen LogP contribution in [0.2, 0.25) is 0 Å². The van der Waals surface area contributed by atoms with E-state index in [1.165, 1.54) is 24.9 Å². The molecule has 1 fully saturated rings. The SMILES string of the molecule is c1ccc(C[n+]2ccn(C[C@@H]3CCCN3)c2)cc1. The van der Waals surface area contributed by atoms with Gasteiger partial charge in [0.1, 0.15) is 25.5 Å². The third-order valence-corrected chi connectivity index (χ3v) is 3.55. The van der Waals surface area contributed by atoms with E-state index in [4.69, 9.17) is 0 Å². The van der Waals surface area contributed by atoms with Gasteiger partial charge in [-0.05, 0) is 24.9 Å². The van der Waals surface area contributed by atoms with Gasteiger partial charge in [0, 0.05) is 6.04 Å². The molecule has 3 rings (SSSR count). The average molecular weight is 242 g/mol. The summed E-state index contributed by atoms with van der Waals surface area (Å²) in [6.45, 7) is 3.21. The molecule has 3 nitrogen and oxygen atoms in total. The first-order valence-corrected chi connectivity index (χ1v) is 6.72. The zero-order chi connectivity index (χ0) is 12.2. The molecule has 18 heavy (non-hydrogen) atoms. The van der Waals surface area contributed by atoms with Gasteiger partial charge in [-0.2, -0.15) is 0 Å². The smallest absolute Gasteiger partial charge is 0.244 e. The van der Waals surface area contributed by atoms with Crippen molar-refractivity contribution in [2.75, 3.05) is 6.54 Å². The molecule has 0 amide bonds. The Bertz CT molecular complexity index is 483. The van der Waals surface area contributed by atoms with Crippen LogP contribution in [0.25, 0.3) is 0 Å². The first-order valence-electron chi connectivity index (χ1n) is 6.72. The predicted octanol–water partition coefficient (Wildman–Crippen LogP) is 1.58. The first-order chi connectivity index (χ1) is 8.90. The summed E-state index contributed by atoms with van der Waals surface area (Å²) >= 11 is 0. The summed E-state index contributed by atoms with van der Waals surface area (Å²) < 4.78 is 4.52. The normalized spacial score (nSPS) is 19.2. The van der Waals surface area contributed by atoms with Crippen LogP contribution in [0, 0.1) is 0 Å². The molecule has 1 N–H and O–H groups in total. The Balaban J connectivity index is 1.62. The molecule has 2 heterocycles. The van der Waals surface area contributed by atoms with Crippen LogP contribution in [-0.4, -0.2) is 17.2 Å². The van der Waals surface area contributed by atoms with Gasteiger partial charge in [0.05, 0.1) is 0 Å². The highest BCUT2D eigenvalue weighted by atomic mass is 15.1. The summed E-state index contributed by atoms with van der Waals surface area (Å²) in [5.74, 6) is 0. The van der Waals surface area contributed by atoms with Gasteiger partial charge in [0.15, 0.2) is 0 Å². The van der Waals surface area contributed by atoms with Gasteiger partial charge in [-0.25, -0.2) is 9.13 Å². The topological polar surface area (TPSA) is 20.8 Å². The van der Waals surface area contributed by atoms with Crippen LogP contribution in [0.15, 0.2) is 49.1 Å². The molecule has 1 aliphatic heterocycles. The fourth-order valence-corrected chi connectivity index (χ4v) is 2.60. The Labute approximate surface area is 108 Å². The summed E-state index contributed by atoms with van der Waals surface area (Å²) in [6.07, 6.45) is 9.14. The highest BCUT2D eigenvalue weighted by Gasteiger charge is 2.17. The van der Waals surface area contributed by atoms with Gasteiger partial charge in [0.2, 0.25) is 6.33 Å². The lowest BCUT2D eigenvalue weighted by molar-refractivity contribution is -0.687. The maximum Gasteiger partial charge on any atom is 0.244 e. The summed E-state index contributed by atoms with van der Waals surface area (Å²) in [4.78, 5) is 0. The van der Waals surface area contributed by atoms with Crippen molar-refractivity contribution in [1.82, 2.24) is 9.88 Å². The first kappa shape index (κ1) is 11.5. The number of hydrogen-bond acceptors (Lipinski definition) is 1. The lowest BCUT2D eigenvalue weighted by atomic mass is 10.2. The number of imidazole rings is 1. The molecule has 2 aromatic rings. The summed E-state index contributed by atoms with van der Waals surface area (Å²) in [6, 6.07) is 11.2. The van der Waals surface area contributed by atoms with Crippen molar-refractivity contribution in [3.05, 3.63) is 54.6 Å². The van der Waals surface area contributed by atoms with E-state index in [-0.39, 0.29) is 0 Å². The molecule has 0 unspecified atom stereocenters. The fourth-order valence-electron chi connectivity index (χ4n) is 2.60. The predicted molar refractivity (Wildman–Crippen MR) is 71.2 cm³/mol. The zero-order valence-corrected chi connectivity index (χ0v) is 10.6. The number of aromatic nitrogens is 2. The van der Waals surface area contributed by atoms with E-state index in [9.17, 15) is 0 Å². The number of benzene rings is 1. The monoisotopic (exact) mass is 242 g/mol. The molecule has 1 atom stereocenters. The van der Waals surface area contributed by atoms with E-state index in [1.54, 1.807) is 0 Å². The Kier molecular flexibility index (Phi) is 3.42. The summed E-state index contributed by atoms with van der Waals surface area (Å²) in [5, 5.41) is 3.53. The molecule has 1 aliphatic rings. The summed E-state index contributed by atoms with van der Waals surface area (Å²) in [5.41, 5.74) is 1.35. The maximum atomic E-state index is 3.53. The van der Waals surface area contributed by atoms with Crippen LogP contribution in [0.3, 0.4) is 0 Å². The number of hydrogen-bond donors (Lipinski definition) is 1. The van der Waals surface area contributed by atoms with Crippen molar-refractivity contribution in [3.63, 3.8) is 0 Å². The molecule has 0 radical (unpaired) electrons. The highest BCUT2D eigenvalue weighted by molar-refractivity contribution is 5.13. The van der Waals surface area contributed by atoms with Crippen LogP contribution >= 0.6 is 0 Å². The minimum atomic E-state index is 0.655. The number of nitrogens with zero attached hydrogens (tertiary/aromatic N) is 2. The average Bonchev–Trinajstić information content (AvgIpc) is 3.03. The van der Waals surface area contributed by atoms with Gasteiger partial charge in [-0.3, -0.25) is 0 Å². The van der Waals surface area contributed by atoms with Crippen LogP contribution in [0.5, 0.6) is 0 Å². The molecular weight excluding hydrogens is 222 g/mol. The van der Waals surface area contributed by atoms with Crippen molar-refractivity contribution in [2.45, 2.75) is 32.0 Å². The minimum Gasteiger partial charge on any atom is -0.310 e. The largest absolute Gasteiger partial charge is 0.310 e. The Hall–Kier alpha value is -1.61. The van der Waals surface area contributed by atoms with Crippen molar-refractivity contribution in [3.8, 4) is 0 Å². The van der Waals surface area contributed by atoms with E-state index in [0.29, 0.717) is 6.04 Å². The minimum absolute atomic E-state index is 0.655. The summed E-state index contributed by atoms with van der Waals surface area (Å²) in [7, 11) is 0. The van der Waals surface area contributed by atoms with Crippen LogP contribution in [0.4, 0.5) is 0 Å². The molecule has 0 bridgehead atoms. The Morgan fingerprint density at radius 1 is 1.28 bits per heavy atom. The lowest BCUT2D eigenvalue weighted by Crippen LogP contribution is -2.32. The highest BCUT2D eigenvalue weighted by Crippen LogP contribution is 2.07. The third kappa shape index (κ3) is 2.79. The second-order valence-corrected chi connectivity index (χ2v) is 5.06. The van der Waals surface area contributed by atoms with Crippen molar-refractivity contribution in [2.24, 2.45) is 0 Å². The third-order valence-electron chi connectivity index (χ3n) is 3.55. The Morgan fingerprint density at radius 2 is 2.17 bits per heavy atom. The quantitative estimate of drug-likeness (QED) is 0.807. The molecule has 1 saturated heterocycles. The van der Waals surface area contributed by atoms with E-state index < -0.39 is 0 Å².